The van der Waals surface area contributed by atoms with Crippen molar-refractivity contribution in [2.24, 2.45) is 0 Å². The van der Waals surface area contributed by atoms with E-state index in [-0.39, 0.29) is 0 Å². The molecule has 0 amide bonds. The van der Waals surface area contributed by atoms with E-state index >= 15 is 0 Å². The second-order valence-electron chi connectivity index (χ2n) is 4.50. The molecule has 0 bridgehead atoms. The zero-order valence-corrected chi connectivity index (χ0v) is 11.8. The lowest BCUT2D eigenvalue weighted by Crippen LogP contribution is -1.99. The van der Waals surface area contributed by atoms with Gasteiger partial charge in [-0.3, -0.25) is 0 Å². The van der Waals surface area contributed by atoms with Gasteiger partial charge in [0.05, 0.1) is 12.8 Å². The van der Waals surface area contributed by atoms with E-state index in [0.29, 0.717) is 12.3 Å². The minimum atomic E-state index is 0.556. The molecule has 0 saturated carbocycles. The van der Waals surface area contributed by atoms with E-state index < -0.39 is 0 Å². The Labute approximate surface area is 122 Å². The molecule has 20 heavy (non-hydrogen) atoms. The molecule has 0 saturated heterocycles. The standard InChI is InChI=1S/C16H13ClN2O/c1-20-16-14-5-3-2-4-13(14)15(18-19-16)10-11-6-8-12(17)9-7-11/h2-9H,10H2,1H3. The molecular formula is C16H13ClN2O. The fourth-order valence-electron chi connectivity index (χ4n) is 2.21. The molecule has 2 aromatic carbocycles. The minimum Gasteiger partial charge on any atom is -0.479 e. The smallest absolute Gasteiger partial charge is 0.241 e. The van der Waals surface area contributed by atoms with Gasteiger partial charge >= 0.3 is 0 Å². The average Bonchev–Trinajstić information content (AvgIpc) is 2.50. The van der Waals surface area contributed by atoms with Gasteiger partial charge in [0.25, 0.3) is 0 Å². The highest BCUT2D eigenvalue weighted by Gasteiger charge is 2.09. The van der Waals surface area contributed by atoms with E-state index in [9.17, 15) is 0 Å². The second-order valence-corrected chi connectivity index (χ2v) is 4.94. The van der Waals surface area contributed by atoms with Gasteiger partial charge in [0.1, 0.15) is 0 Å². The Kier molecular flexibility index (Phi) is 3.52. The summed E-state index contributed by atoms with van der Waals surface area (Å²) in [6, 6.07) is 15.8. The third kappa shape index (κ3) is 2.45. The van der Waals surface area contributed by atoms with Gasteiger partial charge < -0.3 is 4.74 Å². The first kappa shape index (κ1) is 12.9. The van der Waals surface area contributed by atoms with Gasteiger partial charge in [-0.15, -0.1) is 5.10 Å². The van der Waals surface area contributed by atoms with Crippen LogP contribution in [-0.4, -0.2) is 17.3 Å². The summed E-state index contributed by atoms with van der Waals surface area (Å²) >= 11 is 5.90. The number of fused-ring (bicyclic) bond motifs is 1. The minimum absolute atomic E-state index is 0.556. The third-order valence-corrected chi connectivity index (χ3v) is 3.46. The molecule has 0 atom stereocenters. The lowest BCUT2D eigenvalue weighted by molar-refractivity contribution is 0.397. The number of halogens is 1. The molecule has 0 aliphatic heterocycles. The van der Waals surface area contributed by atoms with E-state index in [1.165, 1.54) is 0 Å². The Morgan fingerprint density at radius 2 is 1.65 bits per heavy atom. The number of ether oxygens (including phenoxy) is 1. The van der Waals surface area contributed by atoms with Gasteiger partial charge in [0.15, 0.2) is 0 Å². The molecule has 1 heterocycles. The predicted molar refractivity (Wildman–Crippen MR) is 80.3 cm³/mol. The summed E-state index contributed by atoms with van der Waals surface area (Å²) in [7, 11) is 1.61. The molecule has 3 nitrogen and oxygen atoms in total. The first-order chi connectivity index (χ1) is 9.78. The highest BCUT2D eigenvalue weighted by Crippen LogP contribution is 2.25. The molecule has 4 heteroatoms. The summed E-state index contributed by atoms with van der Waals surface area (Å²) < 4.78 is 5.26. The number of methoxy groups -OCH3 is 1. The summed E-state index contributed by atoms with van der Waals surface area (Å²) in [6.45, 7) is 0. The molecule has 0 unspecified atom stereocenters. The van der Waals surface area contributed by atoms with Crippen LogP contribution in [0, 0.1) is 0 Å². The van der Waals surface area contributed by atoms with Crippen molar-refractivity contribution >= 4 is 22.4 Å². The monoisotopic (exact) mass is 284 g/mol. The van der Waals surface area contributed by atoms with Crippen molar-refractivity contribution < 1.29 is 4.74 Å². The van der Waals surface area contributed by atoms with Crippen LogP contribution in [0.2, 0.25) is 5.02 Å². The van der Waals surface area contributed by atoms with Crippen molar-refractivity contribution in [2.75, 3.05) is 7.11 Å². The largest absolute Gasteiger partial charge is 0.479 e. The Morgan fingerprint density at radius 1 is 0.950 bits per heavy atom. The van der Waals surface area contributed by atoms with Crippen LogP contribution in [0.4, 0.5) is 0 Å². The van der Waals surface area contributed by atoms with Gasteiger partial charge in [-0.05, 0) is 23.8 Å². The molecule has 0 radical (unpaired) electrons. The van der Waals surface area contributed by atoms with E-state index in [1.807, 2.05) is 48.5 Å². The Hall–Kier alpha value is -2.13. The Bertz CT molecular complexity index is 741. The summed E-state index contributed by atoms with van der Waals surface area (Å²) in [5.41, 5.74) is 2.09. The molecule has 1 aromatic heterocycles. The second kappa shape index (κ2) is 5.47. The zero-order valence-electron chi connectivity index (χ0n) is 11.0. The topological polar surface area (TPSA) is 35.0 Å². The molecule has 0 fully saturated rings. The van der Waals surface area contributed by atoms with Gasteiger partial charge in [-0.1, -0.05) is 41.9 Å². The molecule has 0 spiro atoms. The van der Waals surface area contributed by atoms with Crippen molar-refractivity contribution in [3.05, 3.63) is 64.8 Å². The maximum atomic E-state index is 5.90. The number of benzene rings is 2. The highest BCUT2D eigenvalue weighted by molar-refractivity contribution is 6.30. The number of hydrogen-bond donors (Lipinski definition) is 0. The Morgan fingerprint density at radius 3 is 2.35 bits per heavy atom. The number of hydrogen-bond acceptors (Lipinski definition) is 3. The van der Waals surface area contributed by atoms with Crippen LogP contribution in [0.25, 0.3) is 10.8 Å². The maximum absolute atomic E-state index is 5.90. The molecule has 0 aliphatic carbocycles. The molecule has 0 aliphatic rings. The first-order valence-corrected chi connectivity index (χ1v) is 6.68. The maximum Gasteiger partial charge on any atom is 0.241 e. The van der Waals surface area contributed by atoms with Crippen molar-refractivity contribution in [1.29, 1.82) is 0 Å². The highest BCUT2D eigenvalue weighted by atomic mass is 35.5. The van der Waals surface area contributed by atoms with Gasteiger partial charge in [0, 0.05) is 22.2 Å². The van der Waals surface area contributed by atoms with E-state index in [0.717, 1.165) is 27.1 Å². The van der Waals surface area contributed by atoms with Crippen LogP contribution in [0.1, 0.15) is 11.3 Å². The molecule has 3 aromatic rings. The summed E-state index contributed by atoms with van der Waals surface area (Å²) in [5.74, 6) is 0.556. The Balaban J connectivity index is 2.06. The quantitative estimate of drug-likeness (QED) is 0.732. The summed E-state index contributed by atoms with van der Waals surface area (Å²) in [6.07, 6.45) is 0.717. The van der Waals surface area contributed by atoms with E-state index in [2.05, 4.69) is 10.2 Å². The third-order valence-electron chi connectivity index (χ3n) is 3.21. The molecule has 0 N–H and O–H groups in total. The summed E-state index contributed by atoms with van der Waals surface area (Å²) in [4.78, 5) is 0. The fourth-order valence-corrected chi connectivity index (χ4v) is 2.34. The lowest BCUT2D eigenvalue weighted by atomic mass is 10.0. The predicted octanol–water partition coefficient (Wildman–Crippen LogP) is 3.88. The molecule has 3 rings (SSSR count). The van der Waals surface area contributed by atoms with Crippen LogP contribution >= 0.6 is 11.6 Å². The summed E-state index contributed by atoms with van der Waals surface area (Å²) in [5, 5.41) is 11.2. The van der Waals surface area contributed by atoms with Crippen molar-refractivity contribution in [3.8, 4) is 5.88 Å². The molecular weight excluding hydrogens is 272 g/mol. The average molecular weight is 285 g/mol. The van der Waals surface area contributed by atoms with Crippen molar-refractivity contribution in [3.63, 3.8) is 0 Å². The first-order valence-electron chi connectivity index (χ1n) is 6.30. The van der Waals surface area contributed by atoms with E-state index in [4.69, 9.17) is 16.3 Å². The van der Waals surface area contributed by atoms with Gasteiger partial charge in [-0.2, -0.15) is 5.10 Å². The zero-order chi connectivity index (χ0) is 13.9. The van der Waals surface area contributed by atoms with Gasteiger partial charge in [-0.25, -0.2) is 0 Å². The van der Waals surface area contributed by atoms with Crippen LogP contribution < -0.4 is 4.74 Å². The number of aromatic nitrogens is 2. The number of rotatable bonds is 3. The normalized spacial score (nSPS) is 10.7. The number of nitrogens with zero attached hydrogens (tertiary/aromatic N) is 2. The van der Waals surface area contributed by atoms with Gasteiger partial charge in [0.2, 0.25) is 5.88 Å². The van der Waals surface area contributed by atoms with Crippen LogP contribution in [0.15, 0.2) is 48.5 Å². The lowest BCUT2D eigenvalue weighted by Gasteiger charge is -2.08. The van der Waals surface area contributed by atoms with Crippen molar-refractivity contribution in [2.45, 2.75) is 6.42 Å². The molecule has 100 valence electrons. The van der Waals surface area contributed by atoms with Crippen LogP contribution in [-0.2, 0) is 6.42 Å². The van der Waals surface area contributed by atoms with E-state index in [1.54, 1.807) is 7.11 Å². The van der Waals surface area contributed by atoms with Crippen molar-refractivity contribution in [1.82, 2.24) is 10.2 Å². The van der Waals surface area contributed by atoms with Crippen LogP contribution in [0.5, 0.6) is 5.88 Å². The van der Waals surface area contributed by atoms with Crippen LogP contribution in [0.3, 0.4) is 0 Å². The fraction of sp³-hybridized carbons (Fsp3) is 0.125. The SMILES string of the molecule is COc1nnc(Cc2ccc(Cl)cc2)c2ccccc12.